The minimum atomic E-state index is -0.534. The van der Waals surface area contributed by atoms with Crippen LogP contribution in [0.25, 0.3) is 23.3 Å². The van der Waals surface area contributed by atoms with Gasteiger partial charge in [0.1, 0.15) is 5.75 Å². The molecule has 4 aromatic carbocycles. The molecular formula is C32H23NO4. The Hall–Kier alpha value is -5.03. The summed E-state index contributed by atoms with van der Waals surface area (Å²) in [6.45, 7) is 5.76. The van der Waals surface area contributed by atoms with E-state index >= 15 is 0 Å². The number of rotatable bonds is 6. The van der Waals surface area contributed by atoms with Crippen LogP contribution in [0.1, 0.15) is 37.4 Å². The average Bonchev–Trinajstić information content (AvgIpc) is 3.17. The fourth-order valence-electron chi connectivity index (χ4n) is 4.13. The van der Waals surface area contributed by atoms with Crippen molar-refractivity contribution >= 4 is 35.6 Å². The molecule has 5 rings (SSSR count). The summed E-state index contributed by atoms with van der Waals surface area (Å²) in [7, 11) is 0. The molecule has 1 heterocycles. The number of amides is 2. The van der Waals surface area contributed by atoms with E-state index in [1.165, 1.54) is 11.6 Å². The molecule has 5 heteroatoms. The molecular weight excluding hydrogens is 462 g/mol. The Labute approximate surface area is 214 Å². The van der Waals surface area contributed by atoms with E-state index in [9.17, 15) is 14.4 Å². The van der Waals surface area contributed by atoms with Gasteiger partial charge in [-0.3, -0.25) is 9.59 Å². The molecule has 2 amide bonds. The largest absolute Gasteiger partial charge is 0.423 e. The van der Waals surface area contributed by atoms with E-state index in [4.69, 9.17) is 4.74 Å². The van der Waals surface area contributed by atoms with Crippen LogP contribution in [0.5, 0.6) is 5.75 Å². The van der Waals surface area contributed by atoms with Gasteiger partial charge in [-0.25, -0.2) is 9.69 Å². The summed E-state index contributed by atoms with van der Waals surface area (Å²) >= 11 is 0. The zero-order chi connectivity index (χ0) is 25.9. The summed E-state index contributed by atoms with van der Waals surface area (Å²) in [4.78, 5) is 39.1. The maximum atomic E-state index is 12.8. The average molecular weight is 486 g/mol. The maximum Gasteiger partial charge on any atom is 0.336 e. The number of imide groups is 1. The number of ether oxygens (including phenoxy) is 1. The lowest BCUT2D eigenvalue weighted by Crippen LogP contribution is -2.29. The summed E-state index contributed by atoms with van der Waals surface area (Å²) < 4.78 is 5.38. The number of aryl methyl sites for hydroxylation is 1. The van der Waals surface area contributed by atoms with Crippen molar-refractivity contribution in [2.24, 2.45) is 0 Å². The molecule has 0 aromatic heterocycles. The molecule has 4 aromatic rings. The van der Waals surface area contributed by atoms with Gasteiger partial charge in [0.05, 0.1) is 16.8 Å². The van der Waals surface area contributed by atoms with Gasteiger partial charge in [0.25, 0.3) is 11.8 Å². The van der Waals surface area contributed by atoms with Crippen molar-refractivity contribution in [2.75, 3.05) is 4.90 Å². The Morgan fingerprint density at radius 3 is 2.00 bits per heavy atom. The number of hydrogen-bond donors (Lipinski definition) is 0. The topological polar surface area (TPSA) is 63.7 Å². The molecule has 0 radical (unpaired) electrons. The van der Waals surface area contributed by atoms with E-state index in [0.717, 1.165) is 27.2 Å². The van der Waals surface area contributed by atoms with Crippen molar-refractivity contribution in [3.8, 4) is 16.9 Å². The van der Waals surface area contributed by atoms with E-state index < -0.39 is 17.8 Å². The summed E-state index contributed by atoms with van der Waals surface area (Å²) in [6.07, 6.45) is 4.67. The molecule has 180 valence electrons. The number of nitrogens with zero attached hydrogens (tertiary/aromatic N) is 1. The van der Waals surface area contributed by atoms with Gasteiger partial charge in [-0.05, 0) is 71.7 Å². The van der Waals surface area contributed by atoms with E-state index in [1.807, 2.05) is 24.3 Å². The lowest BCUT2D eigenvalue weighted by molar-refractivity contribution is -0.128. The first kappa shape index (κ1) is 23.7. The monoisotopic (exact) mass is 485 g/mol. The fourth-order valence-corrected chi connectivity index (χ4v) is 4.13. The molecule has 0 atom stereocenters. The summed E-state index contributed by atoms with van der Waals surface area (Å²) in [5.74, 6) is -1.02. The van der Waals surface area contributed by atoms with Crippen LogP contribution in [0.15, 0.2) is 104 Å². The number of carbonyl (C=O) groups excluding carboxylic acids is 3. The highest BCUT2D eigenvalue weighted by Gasteiger charge is 2.36. The zero-order valence-corrected chi connectivity index (χ0v) is 20.2. The molecule has 0 aliphatic carbocycles. The molecule has 37 heavy (non-hydrogen) atoms. The van der Waals surface area contributed by atoms with Crippen molar-refractivity contribution in [3.63, 3.8) is 0 Å². The maximum absolute atomic E-state index is 12.8. The smallest absolute Gasteiger partial charge is 0.336 e. The summed E-state index contributed by atoms with van der Waals surface area (Å²) in [5.41, 5.74) is 6.16. The minimum absolute atomic E-state index is 0.304. The number of anilines is 1. The van der Waals surface area contributed by atoms with Gasteiger partial charge in [0.2, 0.25) is 0 Å². The van der Waals surface area contributed by atoms with E-state index in [-0.39, 0.29) is 0 Å². The quantitative estimate of drug-likeness (QED) is 0.132. The number of benzene rings is 4. The highest BCUT2D eigenvalue weighted by atomic mass is 16.5. The second kappa shape index (κ2) is 9.91. The molecule has 0 unspecified atom stereocenters. The first-order chi connectivity index (χ1) is 17.9. The second-order valence-corrected chi connectivity index (χ2v) is 8.69. The Kier molecular flexibility index (Phi) is 6.35. The Morgan fingerprint density at radius 1 is 0.757 bits per heavy atom. The Balaban J connectivity index is 1.22. The minimum Gasteiger partial charge on any atom is -0.423 e. The third kappa shape index (κ3) is 4.88. The molecule has 0 bridgehead atoms. The van der Waals surface area contributed by atoms with Crippen molar-refractivity contribution in [1.82, 2.24) is 0 Å². The number of carbonyl (C=O) groups is 3. The standard InChI is InChI=1S/C32H23NO4/c1-3-22-8-18-28-29(20-22)32(36)33(31(28)35)26-14-16-27(17-15-26)37-30(34)19-9-23-6-12-25(13-7-23)24-10-4-21(2)5-11-24/h3-20H,1H2,2H3/b19-9+. The van der Waals surface area contributed by atoms with Crippen molar-refractivity contribution in [3.05, 3.63) is 131 Å². The fraction of sp³-hybridized carbons (Fsp3) is 0.0312. The van der Waals surface area contributed by atoms with Crippen molar-refractivity contribution in [1.29, 1.82) is 0 Å². The third-order valence-corrected chi connectivity index (χ3v) is 6.17. The van der Waals surface area contributed by atoms with Gasteiger partial charge in [-0.2, -0.15) is 0 Å². The predicted molar refractivity (Wildman–Crippen MR) is 145 cm³/mol. The first-order valence-corrected chi connectivity index (χ1v) is 11.8. The molecule has 1 aliphatic rings. The third-order valence-electron chi connectivity index (χ3n) is 6.17. The highest BCUT2D eigenvalue weighted by Crippen LogP contribution is 2.30. The van der Waals surface area contributed by atoms with Crippen LogP contribution in [0.4, 0.5) is 5.69 Å². The SMILES string of the molecule is C=Cc1ccc2c(c1)C(=O)N(c1ccc(OC(=O)/C=C/c3ccc(-c4ccc(C)cc4)cc3)cc1)C2=O. The summed E-state index contributed by atoms with van der Waals surface area (Å²) in [6, 6.07) is 27.5. The lowest BCUT2D eigenvalue weighted by Gasteiger charge is -2.14. The van der Waals surface area contributed by atoms with Gasteiger partial charge in [0, 0.05) is 6.08 Å². The first-order valence-electron chi connectivity index (χ1n) is 11.8. The Morgan fingerprint density at radius 2 is 1.35 bits per heavy atom. The second-order valence-electron chi connectivity index (χ2n) is 8.69. The van der Waals surface area contributed by atoms with E-state index in [2.05, 4.69) is 37.8 Å². The van der Waals surface area contributed by atoms with Gasteiger partial charge in [-0.1, -0.05) is 72.8 Å². The van der Waals surface area contributed by atoms with Crippen LogP contribution < -0.4 is 9.64 Å². The van der Waals surface area contributed by atoms with Crippen LogP contribution in [-0.4, -0.2) is 17.8 Å². The molecule has 1 aliphatic heterocycles. The van der Waals surface area contributed by atoms with Gasteiger partial charge in [-0.15, -0.1) is 0 Å². The Bertz CT molecular complexity index is 1550. The summed E-state index contributed by atoms with van der Waals surface area (Å²) in [5, 5.41) is 0. The predicted octanol–water partition coefficient (Wildman–Crippen LogP) is 6.72. The highest BCUT2D eigenvalue weighted by molar-refractivity contribution is 6.34. The lowest BCUT2D eigenvalue weighted by atomic mass is 10.0. The van der Waals surface area contributed by atoms with Crippen LogP contribution in [0.3, 0.4) is 0 Å². The number of hydrogen-bond acceptors (Lipinski definition) is 4. The van der Waals surface area contributed by atoms with Crippen molar-refractivity contribution in [2.45, 2.75) is 6.92 Å². The van der Waals surface area contributed by atoms with E-state index in [1.54, 1.807) is 54.6 Å². The normalized spacial score (nSPS) is 12.6. The molecule has 0 fully saturated rings. The van der Waals surface area contributed by atoms with Crippen LogP contribution in [0, 0.1) is 6.92 Å². The van der Waals surface area contributed by atoms with Crippen LogP contribution in [0.2, 0.25) is 0 Å². The molecule has 5 nitrogen and oxygen atoms in total. The van der Waals surface area contributed by atoms with Crippen molar-refractivity contribution < 1.29 is 19.1 Å². The van der Waals surface area contributed by atoms with E-state index in [0.29, 0.717) is 22.6 Å². The zero-order valence-electron chi connectivity index (χ0n) is 20.2. The molecule has 0 spiro atoms. The molecule has 0 saturated carbocycles. The van der Waals surface area contributed by atoms with Crippen LogP contribution in [-0.2, 0) is 4.79 Å². The molecule has 0 N–H and O–H groups in total. The number of esters is 1. The van der Waals surface area contributed by atoms with Gasteiger partial charge in [0.15, 0.2) is 0 Å². The van der Waals surface area contributed by atoms with Gasteiger partial charge >= 0.3 is 5.97 Å². The van der Waals surface area contributed by atoms with Gasteiger partial charge < -0.3 is 4.74 Å². The number of fused-ring (bicyclic) bond motifs is 1. The molecule has 0 saturated heterocycles. The van der Waals surface area contributed by atoms with Crippen LogP contribution >= 0.6 is 0 Å².